The van der Waals surface area contributed by atoms with Crippen LogP contribution in [0.5, 0.6) is 0 Å². The van der Waals surface area contributed by atoms with E-state index >= 15 is 0 Å². The summed E-state index contributed by atoms with van der Waals surface area (Å²) in [5, 5.41) is 10.2. The smallest absolute Gasteiger partial charge is 0.0793 e. The van der Waals surface area contributed by atoms with Gasteiger partial charge in [-0.1, -0.05) is 6.92 Å². The third-order valence-electron chi connectivity index (χ3n) is 3.97. The number of rotatable bonds is 7. The van der Waals surface area contributed by atoms with Crippen molar-refractivity contribution in [3.05, 3.63) is 0 Å². The SMILES string of the molecule is CCN(CC(O)CN1CCOCC1)CC1CCCO1. The van der Waals surface area contributed by atoms with E-state index in [-0.39, 0.29) is 6.10 Å². The van der Waals surface area contributed by atoms with Crippen LogP contribution in [-0.2, 0) is 9.47 Å². The topological polar surface area (TPSA) is 45.2 Å². The van der Waals surface area contributed by atoms with Crippen molar-refractivity contribution in [2.45, 2.75) is 32.0 Å². The van der Waals surface area contributed by atoms with Gasteiger partial charge in [0.25, 0.3) is 0 Å². The van der Waals surface area contributed by atoms with Crippen molar-refractivity contribution in [3.63, 3.8) is 0 Å². The Labute approximate surface area is 116 Å². The summed E-state index contributed by atoms with van der Waals surface area (Å²) in [4.78, 5) is 4.59. The monoisotopic (exact) mass is 272 g/mol. The number of hydrogen-bond donors (Lipinski definition) is 1. The molecule has 0 saturated carbocycles. The molecule has 5 nitrogen and oxygen atoms in total. The van der Waals surface area contributed by atoms with Crippen LogP contribution in [0, 0.1) is 0 Å². The van der Waals surface area contributed by atoms with Gasteiger partial charge in [-0.3, -0.25) is 9.80 Å². The van der Waals surface area contributed by atoms with Crippen LogP contribution < -0.4 is 0 Å². The van der Waals surface area contributed by atoms with Gasteiger partial charge < -0.3 is 14.6 Å². The van der Waals surface area contributed by atoms with Crippen LogP contribution in [0.4, 0.5) is 0 Å². The first kappa shape index (κ1) is 15.2. The van der Waals surface area contributed by atoms with Gasteiger partial charge in [-0.2, -0.15) is 0 Å². The molecule has 2 unspecified atom stereocenters. The first-order valence-electron chi connectivity index (χ1n) is 7.60. The van der Waals surface area contributed by atoms with Gasteiger partial charge in [0.05, 0.1) is 25.4 Å². The third kappa shape index (κ3) is 5.36. The van der Waals surface area contributed by atoms with Crippen LogP contribution in [0.25, 0.3) is 0 Å². The summed E-state index contributed by atoms with van der Waals surface area (Å²) in [5.41, 5.74) is 0. The van der Waals surface area contributed by atoms with E-state index in [4.69, 9.17) is 9.47 Å². The molecule has 2 heterocycles. The quantitative estimate of drug-likeness (QED) is 0.716. The van der Waals surface area contributed by atoms with Gasteiger partial charge >= 0.3 is 0 Å². The lowest BCUT2D eigenvalue weighted by atomic mass is 10.2. The minimum absolute atomic E-state index is 0.278. The molecule has 112 valence electrons. The summed E-state index contributed by atoms with van der Waals surface area (Å²) >= 11 is 0. The Bertz CT molecular complexity index is 241. The van der Waals surface area contributed by atoms with Crippen molar-refractivity contribution in [2.24, 2.45) is 0 Å². The molecule has 1 N–H and O–H groups in total. The molecule has 0 aromatic carbocycles. The summed E-state index contributed by atoms with van der Waals surface area (Å²) in [6.07, 6.45) is 2.43. The highest BCUT2D eigenvalue weighted by atomic mass is 16.5. The van der Waals surface area contributed by atoms with E-state index in [9.17, 15) is 5.11 Å². The molecule has 0 spiro atoms. The fourth-order valence-corrected chi connectivity index (χ4v) is 2.85. The van der Waals surface area contributed by atoms with E-state index in [1.54, 1.807) is 0 Å². The van der Waals surface area contributed by atoms with Crippen molar-refractivity contribution in [2.75, 3.05) is 59.1 Å². The van der Waals surface area contributed by atoms with Gasteiger partial charge in [0.15, 0.2) is 0 Å². The highest BCUT2D eigenvalue weighted by Gasteiger charge is 2.21. The molecule has 2 fully saturated rings. The van der Waals surface area contributed by atoms with E-state index < -0.39 is 0 Å². The average molecular weight is 272 g/mol. The van der Waals surface area contributed by atoms with Gasteiger partial charge in [0, 0.05) is 39.3 Å². The zero-order valence-electron chi connectivity index (χ0n) is 12.1. The fourth-order valence-electron chi connectivity index (χ4n) is 2.85. The van der Waals surface area contributed by atoms with E-state index in [1.807, 2.05) is 0 Å². The Kier molecular flexibility index (Phi) is 6.53. The van der Waals surface area contributed by atoms with Crippen LogP contribution in [0.1, 0.15) is 19.8 Å². The summed E-state index contributed by atoms with van der Waals surface area (Å²) in [6, 6.07) is 0. The maximum atomic E-state index is 10.2. The Hall–Kier alpha value is -0.200. The number of ether oxygens (including phenoxy) is 2. The minimum atomic E-state index is -0.278. The van der Waals surface area contributed by atoms with Crippen molar-refractivity contribution < 1.29 is 14.6 Å². The van der Waals surface area contributed by atoms with Crippen molar-refractivity contribution in [3.8, 4) is 0 Å². The number of morpholine rings is 1. The summed E-state index contributed by atoms with van der Waals surface area (Å²) < 4.78 is 11.0. The lowest BCUT2D eigenvalue weighted by molar-refractivity contribution is 0.00178. The summed E-state index contributed by atoms with van der Waals surface area (Å²) in [6.45, 7) is 9.94. The molecule has 0 aromatic heterocycles. The minimum Gasteiger partial charge on any atom is -0.390 e. The molecule has 2 rings (SSSR count). The van der Waals surface area contributed by atoms with Gasteiger partial charge in [-0.25, -0.2) is 0 Å². The van der Waals surface area contributed by atoms with E-state index in [1.165, 1.54) is 6.42 Å². The molecule has 0 aromatic rings. The van der Waals surface area contributed by atoms with Gasteiger partial charge in [-0.15, -0.1) is 0 Å². The van der Waals surface area contributed by atoms with Crippen LogP contribution in [0.15, 0.2) is 0 Å². The molecule has 2 saturated heterocycles. The fraction of sp³-hybridized carbons (Fsp3) is 1.00. The van der Waals surface area contributed by atoms with Crippen LogP contribution in [0.3, 0.4) is 0 Å². The number of nitrogens with zero attached hydrogens (tertiary/aromatic N) is 2. The zero-order chi connectivity index (χ0) is 13.5. The standard InChI is InChI=1S/C14H28N2O3/c1-2-15(12-14-4-3-7-19-14)10-13(17)11-16-5-8-18-9-6-16/h13-14,17H,2-12H2,1H3. The molecule has 0 amide bonds. The van der Waals surface area contributed by atoms with Crippen molar-refractivity contribution in [1.29, 1.82) is 0 Å². The molecule has 19 heavy (non-hydrogen) atoms. The second kappa shape index (κ2) is 8.17. The van der Waals surface area contributed by atoms with Crippen LogP contribution in [0.2, 0.25) is 0 Å². The number of hydrogen-bond acceptors (Lipinski definition) is 5. The molecule has 5 heteroatoms. The normalized spacial score (nSPS) is 27.0. The molecule has 2 aliphatic heterocycles. The number of β-amino-alcohol motifs (C(OH)–C–C–N with tert-alkyl or cyclic N) is 1. The Balaban J connectivity index is 1.67. The maximum Gasteiger partial charge on any atom is 0.0793 e. The van der Waals surface area contributed by atoms with E-state index in [2.05, 4.69) is 16.7 Å². The molecule has 2 atom stereocenters. The zero-order valence-corrected chi connectivity index (χ0v) is 12.1. The molecule has 2 aliphatic rings. The first-order valence-corrected chi connectivity index (χ1v) is 7.60. The van der Waals surface area contributed by atoms with E-state index in [0.717, 1.165) is 65.5 Å². The molecule has 0 bridgehead atoms. The predicted molar refractivity (Wildman–Crippen MR) is 74.4 cm³/mol. The third-order valence-corrected chi connectivity index (χ3v) is 3.97. The first-order chi connectivity index (χ1) is 9.28. The van der Waals surface area contributed by atoms with Gasteiger partial charge in [-0.05, 0) is 19.4 Å². The molecular weight excluding hydrogens is 244 g/mol. The number of aliphatic hydroxyl groups excluding tert-OH is 1. The highest BCUT2D eigenvalue weighted by Crippen LogP contribution is 2.13. The second-order valence-corrected chi connectivity index (χ2v) is 5.55. The Morgan fingerprint density at radius 2 is 2.11 bits per heavy atom. The second-order valence-electron chi connectivity index (χ2n) is 5.55. The average Bonchev–Trinajstić information content (AvgIpc) is 2.92. The van der Waals surface area contributed by atoms with Gasteiger partial charge in [0.1, 0.15) is 0 Å². The Morgan fingerprint density at radius 3 is 2.74 bits per heavy atom. The number of likely N-dealkylation sites (N-methyl/N-ethyl adjacent to an activating group) is 1. The van der Waals surface area contributed by atoms with Crippen LogP contribution >= 0.6 is 0 Å². The lowest BCUT2D eigenvalue weighted by Crippen LogP contribution is -2.45. The van der Waals surface area contributed by atoms with Crippen LogP contribution in [-0.4, -0.2) is 86.2 Å². The van der Waals surface area contributed by atoms with Crippen molar-refractivity contribution in [1.82, 2.24) is 9.80 Å². The van der Waals surface area contributed by atoms with E-state index in [0.29, 0.717) is 6.10 Å². The Morgan fingerprint density at radius 1 is 1.32 bits per heavy atom. The highest BCUT2D eigenvalue weighted by molar-refractivity contribution is 4.74. The summed E-state index contributed by atoms with van der Waals surface area (Å²) in [5.74, 6) is 0. The number of aliphatic hydroxyl groups is 1. The predicted octanol–water partition coefficient (Wildman–Crippen LogP) is 0.180. The lowest BCUT2D eigenvalue weighted by Gasteiger charge is -2.31. The van der Waals surface area contributed by atoms with Gasteiger partial charge in [0.2, 0.25) is 0 Å². The largest absolute Gasteiger partial charge is 0.390 e. The summed E-state index contributed by atoms with van der Waals surface area (Å²) in [7, 11) is 0. The molecule has 0 aliphatic carbocycles. The molecule has 0 radical (unpaired) electrons. The molecular formula is C14H28N2O3. The van der Waals surface area contributed by atoms with Crippen molar-refractivity contribution >= 4 is 0 Å². The maximum absolute atomic E-state index is 10.2.